The Kier molecular flexibility index (Phi) is 4.96. The molecule has 0 saturated carbocycles. The van der Waals surface area contributed by atoms with Gasteiger partial charge in [0.15, 0.2) is 5.78 Å². The summed E-state index contributed by atoms with van der Waals surface area (Å²) in [6, 6.07) is 1.69. The normalized spacial score (nSPS) is 12.1. The van der Waals surface area contributed by atoms with Gasteiger partial charge in [-0.1, -0.05) is 0 Å². The van der Waals surface area contributed by atoms with Gasteiger partial charge in [-0.05, 0) is 17.9 Å². The topological polar surface area (TPSA) is 93.3 Å². The lowest BCUT2D eigenvalue weighted by Gasteiger charge is -2.14. The Morgan fingerprint density at radius 3 is 2.76 bits per heavy atom. The number of hydrogen-bond donors (Lipinski definition) is 2. The Hall–Kier alpha value is -1.56. The number of carboxylic acid groups (broad SMARTS) is 1. The molecule has 0 amide bonds. The lowest BCUT2D eigenvalue weighted by molar-refractivity contribution is -0.138. The second kappa shape index (κ2) is 6.24. The van der Waals surface area contributed by atoms with Gasteiger partial charge >= 0.3 is 5.97 Å². The smallest absolute Gasteiger partial charge is 0.303 e. The van der Waals surface area contributed by atoms with Gasteiger partial charge in [0.2, 0.25) is 0 Å². The number of nitrogen functional groups attached to an aromatic ring is 1. The van der Waals surface area contributed by atoms with Crippen LogP contribution in [0.3, 0.4) is 0 Å². The second-order valence-electron chi connectivity index (χ2n) is 3.48. The van der Waals surface area contributed by atoms with Crippen LogP contribution in [0.25, 0.3) is 0 Å². The minimum absolute atomic E-state index is 0.0165. The number of Topliss-reactive ketones (excluding diaryl/α,β-unsaturated/α-hetero) is 1. The molecule has 0 bridgehead atoms. The van der Waals surface area contributed by atoms with E-state index in [0.29, 0.717) is 11.3 Å². The molecule has 0 aliphatic rings. The van der Waals surface area contributed by atoms with Crippen molar-refractivity contribution in [3.8, 4) is 0 Å². The highest BCUT2D eigenvalue weighted by atomic mass is 32.2. The molecule has 5 nitrogen and oxygen atoms in total. The molecule has 1 aromatic heterocycles. The van der Waals surface area contributed by atoms with Crippen molar-refractivity contribution >= 4 is 29.2 Å². The summed E-state index contributed by atoms with van der Waals surface area (Å²) < 4.78 is 0. The second-order valence-corrected chi connectivity index (χ2v) is 4.42. The van der Waals surface area contributed by atoms with E-state index in [1.807, 2.05) is 0 Å². The van der Waals surface area contributed by atoms with Crippen LogP contribution in [-0.2, 0) is 9.59 Å². The van der Waals surface area contributed by atoms with Gasteiger partial charge in [0.1, 0.15) is 0 Å². The molecule has 1 rings (SSSR count). The lowest BCUT2D eigenvalue weighted by atomic mass is 10.0. The molecule has 0 spiro atoms. The van der Waals surface area contributed by atoms with Gasteiger partial charge in [0.05, 0.1) is 23.6 Å². The van der Waals surface area contributed by atoms with Gasteiger partial charge in [-0.25, -0.2) is 0 Å². The van der Waals surface area contributed by atoms with Crippen molar-refractivity contribution in [2.75, 3.05) is 12.0 Å². The molecule has 3 N–H and O–H groups in total. The van der Waals surface area contributed by atoms with Crippen molar-refractivity contribution < 1.29 is 14.7 Å². The number of thioether (sulfide) groups is 1. The van der Waals surface area contributed by atoms with E-state index in [1.54, 1.807) is 18.5 Å². The summed E-state index contributed by atoms with van der Waals surface area (Å²) in [7, 11) is 0. The average Bonchev–Trinajstić information content (AvgIpc) is 2.30. The predicted molar refractivity (Wildman–Crippen MR) is 66.8 cm³/mol. The van der Waals surface area contributed by atoms with E-state index in [4.69, 9.17) is 10.8 Å². The molecule has 0 aliphatic heterocycles. The molecule has 0 aliphatic carbocycles. The fraction of sp³-hybridized carbons (Fsp3) is 0.364. The number of carboxylic acids is 1. The maximum absolute atomic E-state index is 11.9. The van der Waals surface area contributed by atoms with Gasteiger partial charge < -0.3 is 10.8 Å². The summed E-state index contributed by atoms with van der Waals surface area (Å²) in [6.07, 6.45) is 4.72. The van der Waals surface area contributed by atoms with Crippen LogP contribution < -0.4 is 5.73 Å². The third-order valence-electron chi connectivity index (χ3n) is 2.28. The number of nitrogens with zero attached hydrogens (tertiary/aromatic N) is 1. The highest BCUT2D eigenvalue weighted by molar-refractivity contribution is 7.99. The van der Waals surface area contributed by atoms with Gasteiger partial charge in [-0.2, -0.15) is 0 Å². The molecule has 1 unspecified atom stereocenters. The first-order valence-electron chi connectivity index (χ1n) is 5.03. The van der Waals surface area contributed by atoms with E-state index < -0.39 is 11.2 Å². The van der Waals surface area contributed by atoms with Crippen LogP contribution in [-0.4, -0.2) is 28.1 Å². The Labute approximate surface area is 103 Å². The van der Waals surface area contributed by atoms with Crippen LogP contribution in [0.1, 0.15) is 23.7 Å². The number of carbonyl (C=O) groups excluding carboxylic acids is 1. The van der Waals surface area contributed by atoms with Crippen molar-refractivity contribution in [2.24, 2.45) is 0 Å². The maximum Gasteiger partial charge on any atom is 0.303 e. The highest BCUT2D eigenvalue weighted by Gasteiger charge is 2.21. The first-order valence-corrected chi connectivity index (χ1v) is 6.31. The van der Waals surface area contributed by atoms with Crippen molar-refractivity contribution in [2.45, 2.75) is 18.1 Å². The maximum atomic E-state index is 11.9. The largest absolute Gasteiger partial charge is 0.481 e. The zero-order chi connectivity index (χ0) is 12.8. The average molecular weight is 254 g/mol. The van der Waals surface area contributed by atoms with Gasteiger partial charge in [0, 0.05) is 12.6 Å². The standard InChI is InChI=1S/C11H14N2O3S/c1-17-11(9(14)2-3-10(15)16)7-4-5-13-6-8(7)12/h4-6,11H,2-3,12H2,1H3,(H,15,16). The molecule has 1 heterocycles. The number of aromatic nitrogens is 1. The fourth-order valence-corrected chi connectivity index (χ4v) is 2.30. The highest BCUT2D eigenvalue weighted by Crippen LogP contribution is 2.32. The van der Waals surface area contributed by atoms with Crippen molar-refractivity contribution in [1.29, 1.82) is 0 Å². The molecule has 0 saturated heterocycles. The van der Waals surface area contributed by atoms with E-state index in [9.17, 15) is 9.59 Å². The molecule has 0 radical (unpaired) electrons. The summed E-state index contributed by atoms with van der Waals surface area (Å²) in [5.41, 5.74) is 6.90. The Morgan fingerprint density at radius 2 is 2.24 bits per heavy atom. The van der Waals surface area contributed by atoms with Crippen LogP contribution >= 0.6 is 11.8 Å². The fourth-order valence-electron chi connectivity index (χ4n) is 1.45. The number of nitrogens with two attached hydrogens (primary N) is 1. The van der Waals surface area contributed by atoms with Crippen molar-refractivity contribution in [3.05, 3.63) is 24.0 Å². The molecular formula is C11H14N2O3S. The number of aliphatic carboxylic acids is 1. The Morgan fingerprint density at radius 1 is 1.53 bits per heavy atom. The van der Waals surface area contributed by atoms with Crippen molar-refractivity contribution in [3.63, 3.8) is 0 Å². The molecule has 6 heteroatoms. The minimum Gasteiger partial charge on any atom is -0.481 e. The van der Waals surface area contributed by atoms with Crippen LogP contribution in [0.5, 0.6) is 0 Å². The zero-order valence-corrected chi connectivity index (χ0v) is 10.2. The van der Waals surface area contributed by atoms with E-state index in [1.165, 1.54) is 18.0 Å². The van der Waals surface area contributed by atoms with E-state index in [2.05, 4.69) is 4.98 Å². The van der Waals surface area contributed by atoms with E-state index in [0.717, 1.165) is 0 Å². The SMILES string of the molecule is CSC(C(=O)CCC(=O)O)c1ccncc1N. The number of pyridine rings is 1. The Balaban J connectivity index is 2.81. The quantitative estimate of drug-likeness (QED) is 0.799. The number of anilines is 1. The van der Waals surface area contributed by atoms with Crippen LogP contribution in [0.15, 0.2) is 18.5 Å². The molecule has 0 fully saturated rings. The monoisotopic (exact) mass is 254 g/mol. The Bertz CT molecular complexity index is 423. The molecule has 17 heavy (non-hydrogen) atoms. The molecule has 0 aromatic carbocycles. The first kappa shape index (κ1) is 13.5. The summed E-state index contributed by atoms with van der Waals surface area (Å²) in [5, 5.41) is 8.13. The molecule has 92 valence electrons. The first-order chi connectivity index (χ1) is 8.06. The molecule has 1 atom stereocenters. The third kappa shape index (κ3) is 3.74. The van der Waals surface area contributed by atoms with Gasteiger partial charge in [-0.3, -0.25) is 14.6 Å². The van der Waals surface area contributed by atoms with Gasteiger partial charge in [0.25, 0.3) is 0 Å². The minimum atomic E-state index is -0.971. The predicted octanol–water partition coefficient (Wildman–Crippen LogP) is 1.50. The number of ketones is 1. The summed E-state index contributed by atoms with van der Waals surface area (Å²) in [5.74, 6) is -1.10. The van der Waals surface area contributed by atoms with Gasteiger partial charge in [-0.15, -0.1) is 11.8 Å². The summed E-state index contributed by atoms with van der Waals surface area (Å²) in [4.78, 5) is 26.2. The number of rotatable bonds is 6. The zero-order valence-electron chi connectivity index (χ0n) is 9.42. The summed E-state index contributed by atoms with van der Waals surface area (Å²) in [6.45, 7) is 0. The van der Waals surface area contributed by atoms with E-state index in [-0.39, 0.29) is 18.6 Å². The van der Waals surface area contributed by atoms with Crippen molar-refractivity contribution in [1.82, 2.24) is 4.98 Å². The molecular weight excluding hydrogens is 240 g/mol. The number of hydrogen-bond acceptors (Lipinski definition) is 5. The van der Waals surface area contributed by atoms with Crippen LogP contribution in [0, 0.1) is 0 Å². The lowest BCUT2D eigenvalue weighted by Crippen LogP contribution is -2.12. The summed E-state index contributed by atoms with van der Waals surface area (Å²) >= 11 is 1.35. The van der Waals surface area contributed by atoms with Crippen LogP contribution in [0.4, 0.5) is 5.69 Å². The van der Waals surface area contributed by atoms with Crippen LogP contribution in [0.2, 0.25) is 0 Å². The van der Waals surface area contributed by atoms with E-state index >= 15 is 0 Å². The number of carbonyl (C=O) groups is 2. The molecule has 1 aromatic rings. The third-order valence-corrected chi connectivity index (χ3v) is 3.27.